The Balaban J connectivity index is 1.59. The van der Waals surface area contributed by atoms with Crippen molar-refractivity contribution < 1.29 is 4.74 Å². The van der Waals surface area contributed by atoms with Crippen molar-refractivity contribution in [1.29, 1.82) is 0 Å². The Kier molecular flexibility index (Phi) is 5.20. The molecule has 6 rings (SSSR count). The van der Waals surface area contributed by atoms with E-state index in [4.69, 9.17) is 9.73 Å². The van der Waals surface area contributed by atoms with E-state index in [9.17, 15) is 4.79 Å². The molecule has 0 saturated heterocycles. The number of aryl methyl sites for hydroxylation is 1. The molecule has 4 aromatic rings. The molecule has 1 atom stereocenters. The minimum absolute atomic E-state index is 0.00880. The zero-order valence-electron chi connectivity index (χ0n) is 17.7. The van der Waals surface area contributed by atoms with Gasteiger partial charge in [-0.1, -0.05) is 47.7 Å². The lowest BCUT2D eigenvalue weighted by Crippen LogP contribution is -2.38. The van der Waals surface area contributed by atoms with E-state index in [1.54, 1.807) is 18.4 Å². The Bertz CT molecular complexity index is 1600. The maximum atomic E-state index is 13.7. The van der Waals surface area contributed by atoms with E-state index >= 15 is 0 Å². The van der Waals surface area contributed by atoms with Gasteiger partial charge in [0.1, 0.15) is 5.75 Å². The molecular formula is C26H19BrN2O2S2. The van der Waals surface area contributed by atoms with Crippen LogP contribution in [0.15, 0.2) is 79.8 Å². The van der Waals surface area contributed by atoms with Gasteiger partial charge in [-0.3, -0.25) is 9.36 Å². The molecule has 0 unspecified atom stereocenters. The van der Waals surface area contributed by atoms with Crippen LogP contribution in [0.1, 0.15) is 34.0 Å². The van der Waals surface area contributed by atoms with Crippen molar-refractivity contribution in [1.82, 2.24) is 4.57 Å². The second kappa shape index (κ2) is 8.24. The second-order valence-corrected chi connectivity index (χ2v) is 10.9. The monoisotopic (exact) mass is 534 g/mol. The maximum Gasteiger partial charge on any atom is 0.271 e. The third-order valence-electron chi connectivity index (χ3n) is 6.16. The molecule has 0 saturated carbocycles. The van der Waals surface area contributed by atoms with Gasteiger partial charge in [0.25, 0.3) is 5.56 Å². The van der Waals surface area contributed by atoms with Gasteiger partial charge in [-0.2, -0.15) is 0 Å². The van der Waals surface area contributed by atoms with Crippen LogP contribution in [-0.2, 0) is 6.42 Å². The molecule has 0 spiro atoms. The van der Waals surface area contributed by atoms with Crippen molar-refractivity contribution >= 4 is 50.4 Å². The van der Waals surface area contributed by atoms with Crippen LogP contribution in [0.2, 0.25) is 0 Å². The fraction of sp³-hybridized carbons (Fsp3) is 0.154. The molecule has 2 aromatic carbocycles. The molecule has 2 aliphatic rings. The standard InChI is InChI=1S/C26H19BrN2O2S2/c1-31-20-11-8-15(13-19(20)27)14-22-25(30)29-24(21-7-4-12-32-21)18-10-9-16-5-2-3-6-17(16)23(18)28-26(29)33-22/h2-8,11-14,24H,9-10H2,1H3/b22-14-/t24-/m0/s1. The van der Waals surface area contributed by atoms with E-state index < -0.39 is 0 Å². The van der Waals surface area contributed by atoms with Crippen molar-refractivity contribution in [2.24, 2.45) is 4.99 Å². The number of thiophene rings is 1. The molecule has 1 aliphatic carbocycles. The number of thiazole rings is 1. The minimum atomic E-state index is -0.102. The highest BCUT2D eigenvalue weighted by Crippen LogP contribution is 2.42. The Labute approximate surface area is 207 Å². The predicted octanol–water partition coefficient (Wildman–Crippen LogP) is 5.15. The average Bonchev–Trinajstić information content (AvgIpc) is 3.46. The van der Waals surface area contributed by atoms with E-state index in [0.717, 1.165) is 39.1 Å². The van der Waals surface area contributed by atoms with Crippen LogP contribution in [0.3, 0.4) is 0 Å². The minimum Gasteiger partial charge on any atom is -0.496 e. The number of fused-ring (bicyclic) bond motifs is 3. The summed E-state index contributed by atoms with van der Waals surface area (Å²) in [5.41, 5.74) is 5.74. The molecule has 33 heavy (non-hydrogen) atoms. The lowest BCUT2D eigenvalue weighted by molar-refractivity contribution is 0.412. The highest BCUT2D eigenvalue weighted by atomic mass is 79.9. The lowest BCUT2D eigenvalue weighted by atomic mass is 9.85. The summed E-state index contributed by atoms with van der Waals surface area (Å²) in [6.07, 6.45) is 3.82. The van der Waals surface area contributed by atoms with Crippen LogP contribution in [0.4, 0.5) is 0 Å². The Morgan fingerprint density at radius 3 is 2.82 bits per heavy atom. The van der Waals surface area contributed by atoms with Crippen LogP contribution in [0, 0.1) is 0 Å². The molecule has 7 heteroatoms. The third-order valence-corrected chi connectivity index (χ3v) is 8.69. The molecule has 164 valence electrons. The van der Waals surface area contributed by atoms with Crippen molar-refractivity contribution in [2.75, 3.05) is 7.11 Å². The molecule has 0 amide bonds. The first-order valence-corrected chi connectivity index (χ1v) is 13.1. The zero-order valence-corrected chi connectivity index (χ0v) is 21.0. The van der Waals surface area contributed by atoms with Gasteiger partial charge in [0.05, 0.1) is 27.9 Å². The summed E-state index contributed by atoms with van der Waals surface area (Å²) in [6, 6.07) is 18.4. The fourth-order valence-corrected chi connectivity index (χ4v) is 7.05. The molecule has 0 fully saturated rings. The van der Waals surface area contributed by atoms with Crippen LogP contribution in [-0.4, -0.2) is 11.7 Å². The highest BCUT2D eigenvalue weighted by molar-refractivity contribution is 9.10. The number of methoxy groups -OCH3 is 1. The molecule has 0 radical (unpaired) electrons. The van der Waals surface area contributed by atoms with Gasteiger partial charge < -0.3 is 4.74 Å². The van der Waals surface area contributed by atoms with E-state index in [1.807, 2.05) is 28.8 Å². The first-order valence-electron chi connectivity index (χ1n) is 10.6. The molecule has 1 aliphatic heterocycles. The summed E-state index contributed by atoms with van der Waals surface area (Å²) >= 11 is 6.69. The fourth-order valence-electron chi connectivity index (χ4n) is 4.64. The van der Waals surface area contributed by atoms with Crippen LogP contribution in [0.5, 0.6) is 5.75 Å². The molecule has 4 nitrogen and oxygen atoms in total. The molecular weight excluding hydrogens is 516 g/mol. The SMILES string of the molecule is COc1ccc(/C=c2\sc3n(c2=O)[C@H](c2cccs2)C2=C(N=3)c3ccccc3CC2)cc1Br. The average molecular weight is 535 g/mol. The van der Waals surface area contributed by atoms with E-state index in [0.29, 0.717) is 4.53 Å². The van der Waals surface area contributed by atoms with Crippen molar-refractivity contribution in [3.05, 3.63) is 111 Å². The summed E-state index contributed by atoms with van der Waals surface area (Å²) in [6.45, 7) is 0. The van der Waals surface area contributed by atoms with E-state index in [2.05, 4.69) is 57.7 Å². The number of aromatic nitrogens is 1. The van der Waals surface area contributed by atoms with Gasteiger partial charge in [0.2, 0.25) is 0 Å². The van der Waals surface area contributed by atoms with Crippen LogP contribution >= 0.6 is 38.6 Å². The normalized spacial score (nSPS) is 17.3. The molecule has 0 N–H and O–H groups in total. The van der Waals surface area contributed by atoms with Crippen molar-refractivity contribution in [3.63, 3.8) is 0 Å². The Morgan fingerprint density at radius 2 is 2.03 bits per heavy atom. The van der Waals surface area contributed by atoms with Gasteiger partial charge in [0.15, 0.2) is 4.80 Å². The Hall–Kier alpha value is -2.74. The highest BCUT2D eigenvalue weighted by Gasteiger charge is 2.32. The summed E-state index contributed by atoms with van der Waals surface area (Å²) in [7, 11) is 1.64. The topological polar surface area (TPSA) is 43.6 Å². The molecule has 3 heterocycles. The van der Waals surface area contributed by atoms with Gasteiger partial charge >= 0.3 is 0 Å². The number of hydrogen-bond donors (Lipinski definition) is 0. The van der Waals surface area contributed by atoms with Crippen molar-refractivity contribution in [3.8, 4) is 5.75 Å². The van der Waals surface area contributed by atoms with Crippen LogP contribution < -0.4 is 19.6 Å². The number of ether oxygens (including phenoxy) is 1. The summed E-state index contributed by atoms with van der Waals surface area (Å²) in [5.74, 6) is 0.762. The number of hydrogen-bond acceptors (Lipinski definition) is 5. The Morgan fingerprint density at radius 1 is 1.15 bits per heavy atom. The summed E-state index contributed by atoms with van der Waals surface area (Å²) < 4.78 is 8.77. The van der Waals surface area contributed by atoms with Gasteiger partial charge in [-0.25, -0.2) is 4.99 Å². The molecule has 2 aromatic heterocycles. The van der Waals surface area contributed by atoms with Gasteiger partial charge in [0, 0.05) is 10.4 Å². The van der Waals surface area contributed by atoms with E-state index in [-0.39, 0.29) is 11.6 Å². The summed E-state index contributed by atoms with van der Waals surface area (Å²) in [5, 5.41) is 2.08. The molecule has 0 bridgehead atoms. The smallest absolute Gasteiger partial charge is 0.271 e. The number of allylic oxidation sites excluding steroid dienone is 1. The maximum absolute atomic E-state index is 13.7. The second-order valence-electron chi connectivity index (χ2n) is 8.02. The van der Waals surface area contributed by atoms with Gasteiger partial charge in [-0.05, 0) is 75.1 Å². The van der Waals surface area contributed by atoms with Gasteiger partial charge in [-0.15, -0.1) is 11.3 Å². The number of nitrogens with zero attached hydrogens (tertiary/aromatic N) is 2. The third kappa shape index (κ3) is 3.46. The van der Waals surface area contributed by atoms with Crippen LogP contribution in [0.25, 0.3) is 11.8 Å². The number of halogens is 1. The quantitative estimate of drug-likeness (QED) is 0.364. The predicted molar refractivity (Wildman–Crippen MR) is 138 cm³/mol. The van der Waals surface area contributed by atoms with Crippen molar-refractivity contribution in [2.45, 2.75) is 18.9 Å². The first kappa shape index (κ1) is 20.8. The number of benzene rings is 2. The lowest BCUT2D eigenvalue weighted by Gasteiger charge is -2.30. The zero-order chi connectivity index (χ0) is 22.5. The van der Waals surface area contributed by atoms with E-state index in [1.165, 1.54) is 32.9 Å². The largest absolute Gasteiger partial charge is 0.496 e. The first-order chi connectivity index (χ1) is 16.1. The number of rotatable bonds is 3. The summed E-state index contributed by atoms with van der Waals surface area (Å²) in [4.78, 5) is 20.7.